The van der Waals surface area contributed by atoms with Crippen molar-refractivity contribution in [2.45, 2.75) is 63.8 Å². The van der Waals surface area contributed by atoms with E-state index in [1.165, 1.54) is 0 Å². The third kappa shape index (κ3) is 6.55. The van der Waals surface area contributed by atoms with Crippen LogP contribution < -0.4 is 14.8 Å². The van der Waals surface area contributed by atoms with Crippen LogP contribution in [-0.4, -0.2) is 33.5 Å². The average Bonchev–Trinajstić information content (AvgIpc) is 3.22. The third-order valence-corrected chi connectivity index (χ3v) is 7.31. The lowest BCUT2D eigenvalue weighted by atomic mass is 10.1. The highest BCUT2D eigenvalue weighted by Gasteiger charge is 2.22. The van der Waals surface area contributed by atoms with Gasteiger partial charge >= 0.3 is 0 Å². The minimum Gasteiger partial charge on any atom is -0.483 e. The van der Waals surface area contributed by atoms with Gasteiger partial charge in [-0.1, -0.05) is 31.0 Å². The van der Waals surface area contributed by atoms with Gasteiger partial charge in [0.15, 0.2) is 6.61 Å². The molecule has 2 aromatic carbocycles. The molecule has 0 spiro atoms. The van der Waals surface area contributed by atoms with Crippen molar-refractivity contribution in [1.82, 2.24) is 10.0 Å². The first-order chi connectivity index (χ1) is 14.7. The van der Waals surface area contributed by atoms with Crippen molar-refractivity contribution in [3.8, 4) is 5.75 Å². The zero-order chi connectivity index (χ0) is 22.4. The highest BCUT2D eigenvalue weighted by Crippen LogP contribution is 2.23. The van der Waals surface area contributed by atoms with E-state index in [0.717, 1.165) is 53.7 Å². The number of carbonyl (C=O) groups excluding carboxylic acids is 1. The number of sulfonamides is 1. The Morgan fingerprint density at radius 2 is 1.74 bits per heavy atom. The van der Waals surface area contributed by atoms with E-state index in [0.29, 0.717) is 13.0 Å². The van der Waals surface area contributed by atoms with Crippen molar-refractivity contribution in [1.29, 1.82) is 0 Å². The molecule has 1 fully saturated rings. The van der Waals surface area contributed by atoms with Gasteiger partial charge in [0, 0.05) is 12.6 Å². The lowest BCUT2D eigenvalue weighted by Gasteiger charge is -2.13. The summed E-state index contributed by atoms with van der Waals surface area (Å²) in [4.78, 5) is 12.4. The highest BCUT2D eigenvalue weighted by atomic mass is 32.2. The molecular weight excluding hydrogens is 412 g/mol. The Morgan fingerprint density at radius 1 is 1.06 bits per heavy atom. The van der Waals surface area contributed by atoms with Crippen LogP contribution >= 0.6 is 0 Å². The predicted octanol–water partition coefficient (Wildman–Crippen LogP) is 3.57. The second kappa shape index (κ2) is 10.3. The summed E-state index contributed by atoms with van der Waals surface area (Å²) in [6.45, 7) is 6.43. The molecule has 1 saturated carbocycles. The standard InChI is InChI=1S/C24H32N2O4S/c1-17-14-18(2)19(3)23(15-17)30-16-24(27)25-13-12-20-8-10-22(11-9-20)31(28,29)26-21-6-4-5-7-21/h8-11,14-15,21,26H,4-7,12-13,16H2,1-3H3,(H,25,27). The monoisotopic (exact) mass is 444 g/mol. The van der Waals surface area contributed by atoms with Crippen molar-refractivity contribution < 1.29 is 17.9 Å². The molecule has 0 saturated heterocycles. The largest absolute Gasteiger partial charge is 0.483 e. The summed E-state index contributed by atoms with van der Waals surface area (Å²) in [6.07, 6.45) is 4.58. The van der Waals surface area contributed by atoms with E-state index in [4.69, 9.17) is 4.74 Å². The molecule has 0 aromatic heterocycles. The molecule has 0 unspecified atom stereocenters. The van der Waals surface area contributed by atoms with Crippen molar-refractivity contribution in [3.05, 3.63) is 58.7 Å². The third-order valence-electron chi connectivity index (χ3n) is 5.77. The van der Waals surface area contributed by atoms with Crippen molar-refractivity contribution in [2.75, 3.05) is 13.2 Å². The normalized spacial score (nSPS) is 14.5. The predicted molar refractivity (Wildman–Crippen MR) is 122 cm³/mol. The van der Waals surface area contributed by atoms with Crippen LogP contribution in [0.4, 0.5) is 0 Å². The van der Waals surface area contributed by atoms with Crippen LogP contribution in [0.3, 0.4) is 0 Å². The fourth-order valence-electron chi connectivity index (χ4n) is 3.86. The molecule has 0 radical (unpaired) electrons. The maximum absolute atomic E-state index is 12.5. The molecule has 0 heterocycles. The second-order valence-electron chi connectivity index (χ2n) is 8.34. The molecule has 2 aromatic rings. The number of hydrogen-bond acceptors (Lipinski definition) is 4. The Bertz CT molecular complexity index is 1010. The minimum atomic E-state index is -3.47. The minimum absolute atomic E-state index is 0.0340. The van der Waals surface area contributed by atoms with Crippen molar-refractivity contribution in [3.63, 3.8) is 0 Å². The number of rotatable bonds is 9. The average molecular weight is 445 g/mol. The van der Waals surface area contributed by atoms with Gasteiger partial charge in [0.1, 0.15) is 5.75 Å². The van der Waals surface area contributed by atoms with Gasteiger partial charge in [-0.05, 0) is 80.5 Å². The van der Waals surface area contributed by atoms with Crippen molar-refractivity contribution >= 4 is 15.9 Å². The Kier molecular flexibility index (Phi) is 7.73. The molecule has 6 nitrogen and oxygen atoms in total. The fraction of sp³-hybridized carbons (Fsp3) is 0.458. The Morgan fingerprint density at radius 3 is 2.42 bits per heavy atom. The smallest absolute Gasteiger partial charge is 0.257 e. The van der Waals surface area contributed by atoms with Crippen LogP contribution in [0.25, 0.3) is 0 Å². The molecule has 1 amide bonds. The topological polar surface area (TPSA) is 84.5 Å². The lowest BCUT2D eigenvalue weighted by molar-refractivity contribution is -0.123. The number of nitrogens with one attached hydrogen (secondary N) is 2. The highest BCUT2D eigenvalue weighted by molar-refractivity contribution is 7.89. The fourth-order valence-corrected chi connectivity index (χ4v) is 5.16. The van der Waals surface area contributed by atoms with E-state index in [1.54, 1.807) is 24.3 Å². The zero-order valence-corrected chi connectivity index (χ0v) is 19.3. The van der Waals surface area contributed by atoms with Gasteiger partial charge in [-0.2, -0.15) is 0 Å². The van der Waals surface area contributed by atoms with E-state index in [-0.39, 0.29) is 23.5 Å². The summed E-state index contributed by atoms with van der Waals surface area (Å²) >= 11 is 0. The Labute approximate surface area is 185 Å². The number of carbonyl (C=O) groups is 1. The lowest BCUT2D eigenvalue weighted by Crippen LogP contribution is -2.32. The number of aryl methyl sites for hydroxylation is 2. The molecule has 3 rings (SSSR count). The summed E-state index contributed by atoms with van der Waals surface area (Å²) in [5, 5.41) is 2.85. The quantitative estimate of drug-likeness (QED) is 0.619. The SMILES string of the molecule is Cc1cc(C)c(C)c(OCC(=O)NCCc2ccc(S(=O)(=O)NC3CCCC3)cc2)c1. The molecule has 168 valence electrons. The second-order valence-corrected chi connectivity index (χ2v) is 10.1. The molecule has 31 heavy (non-hydrogen) atoms. The van der Waals surface area contributed by atoms with E-state index in [1.807, 2.05) is 26.8 Å². The Hall–Kier alpha value is -2.38. The van der Waals surface area contributed by atoms with Gasteiger partial charge in [0.2, 0.25) is 10.0 Å². The first kappa shape index (κ1) is 23.3. The number of amides is 1. The maximum Gasteiger partial charge on any atom is 0.257 e. The van der Waals surface area contributed by atoms with Crippen LogP contribution in [0.1, 0.15) is 47.9 Å². The molecule has 1 aliphatic rings. The van der Waals surface area contributed by atoms with E-state index < -0.39 is 10.0 Å². The van der Waals surface area contributed by atoms with Crippen LogP contribution in [0.15, 0.2) is 41.3 Å². The molecule has 1 aliphatic carbocycles. The number of benzene rings is 2. The summed E-state index contributed by atoms with van der Waals surface area (Å²) in [5.74, 6) is 0.550. The van der Waals surface area contributed by atoms with Crippen molar-refractivity contribution in [2.24, 2.45) is 0 Å². The molecule has 0 aliphatic heterocycles. The van der Waals surface area contributed by atoms with Crippen LogP contribution in [-0.2, 0) is 21.2 Å². The molecule has 0 bridgehead atoms. The van der Waals surface area contributed by atoms with Gasteiger partial charge in [0.25, 0.3) is 5.91 Å². The van der Waals surface area contributed by atoms with Gasteiger partial charge in [-0.15, -0.1) is 0 Å². The van der Waals surface area contributed by atoms with Gasteiger partial charge in [-0.3, -0.25) is 4.79 Å². The maximum atomic E-state index is 12.5. The molecular formula is C24H32N2O4S. The summed E-state index contributed by atoms with van der Waals surface area (Å²) in [6, 6.07) is 10.9. The van der Waals surface area contributed by atoms with E-state index in [2.05, 4.69) is 16.1 Å². The summed E-state index contributed by atoms with van der Waals surface area (Å²) < 4.78 is 33.4. The number of ether oxygens (including phenoxy) is 1. The van der Waals surface area contributed by atoms with Crippen LogP contribution in [0, 0.1) is 20.8 Å². The molecule has 7 heteroatoms. The van der Waals surface area contributed by atoms with Crippen LogP contribution in [0.5, 0.6) is 5.75 Å². The Balaban J connectivity index is 1.44. The zero-order valence-electron chi connectivity index (χ0n) is 18.5. The molecule has 0 atom stereocenters. The summed E-state index contributed by atoms with van der Waals surface area (Å²) in [7, 11) is -3.47. The van der Waals surface area contributed by atoms with E-state index >= 15 is 0 Å². The van der Waals surface area contributed by atoms with Crippen LogP contribution in [0.2, 0.25) is 0 Å². The van der Waals surface area contributed by atoms with Gasteiger partial charge < -0.3 is 10.1 Å². The van der Waals surface area contributed by atoms with E-state index in [9.17, 15) is 13.2 Å². The van der Waals surface area contributed by atoms with Gasteiger partial charge in [0.05, 0.1) is 4.90 Å². The first-order valence-electron chi connectivity index (χ1n) is 10.8. The molecule has 2 N–H and O–H groups in total. The first-order valence-corrected chi connectivity index (χ1v) is 12.3. The van der Waals surface area contributed by atoms with Gasteiger partial charge in [-0.25, -0.2) is 13.1 Å². The number of hydrogen-bond donors (Lipinski definition) is 2. The summed E-state index contributed by atoms with van der Waals surface area (Å²) in [5.41, 5.74) is 4.24.